The summed E-state index contributed by atoms with van der Waals surface area (Å²) in [4.78, 5) is 2.11. The zero-order valence-corrected chi connectivity index (χ0v) is 14.9. The van der Waals surface area contributed by atoms with Crippen molar-refractivity contribution in [3.63, 3.8) is 0 Å². The van der Waals surface area contributed by atoms with Crippen LogP contribution in [0.15, 0.2) is 59.5 Å². The van der Waals surface area contributed by atoms with Crippen molar-refractivity contribution in [2.24, 2.45) is 5.92 Å². The Morgan fingerprint density at radius 2 is 1.64 bits per heavy atom. The fraction of sp³-hybridized carbons (Fsp3) is 0.368. The Balaban J connectivity index is 1.49. The van der Waals surface area contributed by atoms with Crippen LogP contribution in [0.4, 0.5) is 4.39 Å². The van der Waals surface area contributed by atoms with Crippen molar-refractivity contribution >= 4 is 10.0 Å². The van der Waals surface area contributed by atoms with Gasteiger partial charge in [-0.1, -0.05) is 42.5 Å². The summed E-state index contributed by atoms with van der Waals surface area (Å²) in [5.41, 5.74) is 1.29. The molecule has 0 amide bonds. The second-order valence-electron chi connectivity index (χ2n) is 6.49. The summed E-state index contributed by atoms with van der Waals surface area (Å²) in [5, 5.41) is 0. The maximum Gasteiger partial charge on any atom is 0.243 e. The van der Waals surface area contributed by atoms with Crippen LogP contribution in [0.2, 0.25) is 0 Å². The van der Waals surface area contributed by atoms with Gasteiger partial charge < -0.3 is 0 Å². The molecular weight excluding hydrogens is 339 g/mol. The van der Waals surface area contributed by atoms with Crippen LogP contribution in [-0.4, -0.2) is 33.0 Å². The van der Waals surface area contributed by atoms with E-state index in [1.165, 1.54) is 23.8 Å². The third-order valence-corrected chi connectivity index (χ3v) is 6.10. The Hall–Kier alpha value is -1.76. The van der Waals surface area contributed by atoms with Crippen molar-refractivity contribution in [3.05, 3.63) is 66.0 Å². The lowest BCUT2D eigenvalue weighted by atomic mass is 9.97. The number of nitrogens with one attached hydrogen (secondary N) is 1. The first kappa shape index (κ1) is 18.0. The highest BCUT2D eigenvalue weighted by atomic mass is 32.2. The normalized spacial score (nSPS) is 16.8. The van der Waals surface area contributed by atoms with Crippen LogP contribution < -0.4 is 4.72 Å². The van der Waals surface area contributed by atoms with E-state index in [4.69, 9.17) is 0 Å². The maximum absolute atomic E-state index is 13.7. The van der Waals surface area contributed by atoms with Crippen LogP contribution >= 0.6 is 0 Å². The Morgan fingerprint density at radius 3 is 2.32 bits per heavy atom. The molecule has 2 aromatic carbocycles. The summed E-state index contributed by atoms with van der Waals surface area (Å²) in [5.74, 6) is -0.429. The van der Waals surface area contributed by atoms with Gasteiger partial charge in [-0.25, -0.2) is 17.5 Å². The minimum Gasteiger partial charge on any atom is -0.299 e. The molecule has 1 heterocycles. The molecule has 0 aliphatic carbocycles. The third-order valence-electron chi connectivity index (χ3n) is 4.64. The molecule has 3 rings (SSSR count). The van der Waals surface area contributed by atoms with E-state index in [9.17, 15) is 12.8 Å². The van der Waals surface area contributed by atoms with Crippen molar-refractivity contribution < 1.29 is 12.8 Å². The lowest BCUT2D eigenvalue weighted by Crippen LogP contribution is -2.38. The number of hydrogen-bond acceptors (Lipinski definition) is 3. The molecule has 134 valence electrons. The monoisotopic (exact) mass is 362 g/mol. The predicted octanol–water partition coefficient (Wildman–Crippen LogP) is 3.02. The highest BCUT2D eigenvalue weighted by Crippen LogP contribution is 2.20. The third kappa shape index (κ3) is 4.87. The van der Waals surface area contributed by atoms with E-state index in [1.807, 2.05) is 18.2 Å². The molecule has 0 spiro atoms. The predicted molar refractivity (Wildman–Crippen MR) is 96.0 cm³/mol. The molecule has 0 bridgehead atoms. The molecule has 4 nitrogen and oxygen atoms in total. The quantitative estimate of drug-likeness (QED) is 0.859. The Morgan fingerprint density at radius 1 is 1.00 bits per heavy atom. The number of piperidine rings is 1. The van der Waals surface area contributed by atoms with Crippen molar-refractivity contribution in [1.82, 2.24) is 9.62 Å². The number of likely N-dealkylation sites (tertiary alicyclic amines) is 1. The van der Waals surface area contributed by atoms with Gasteiger partial charge in [-0.2, -0.15) is 0 Å². The maximum atomic E-state index is 13.7. The topological polar surface area (TPSA) is 49.4 Å². The molecule has 2 aromatic rings. The number of rotatable bonds is 6. The van der Waals surface area contributed by atoms with E-state index >= 15 is 0 Å². The Kier molecular flexibility index (Phi) is 5.83. The van der Waals surface area contributed by atoms with E-state index in [0.717, 1.165) is 38.5 Å². The molecule has 1 aliphatic heterocycles. The van der Waals surface area contributed by atoms with Gasteiger partial charge >= 0.3 is 0 Å². The van der Waals surface area contributed by atoms with Crippen LogP contribution in [-0.2, 0) is 16.6 Å². The first-order valence-electron chi connectivity index (χ1n) is 8.55. The molecular formula is C19H23FN2O2S. The summed E-state index contributed by atoms with van der Waals surface area (Å²) in [6.07, 6.45) is 1.87. The van der Waals surface area contributed by atoms with Gasteiger partial charge in [-0.15, -0.1) is 0 Å². The van der Waals surface area contributed by atoms with E-state index in [2.05, 4.69) is 21.8 Å². The smallest absolute Gasteiger partial charge is 0.243 e. The molecule has 1 aliphatic rings. The van der Waals surface area contributed by atoms with Gasteiger partial charge in [0.2, 0.25) is 10.0 Å². The van der Waals surface area contributed by atoms with Gasteiger partial charge in [0, 0.05) is 13.1 Å². The number of halogens is 1. The fourth-order valence-electron chi connectivity index (χ4n) is 3.16. The van der Waals surface area contributed by atoms with Gasteiger partial charge in [0.15, 0.2) is 0 Å². The first-order chi connectivity index (χ1) is 12.0. The summed E-state index contributed by atoms with van der Waals surface area (Å²) < 4.78 is 40.7. The number of sulfonamides is 1. The summed E-state index contributed by atoms with van der Waals surface area (Å²) in [7, 11) is -3.79. The average Bonchev–Trinajstić information content (AvgIpc) is 2.62. The highest BCUT2D eigenvalue weighted by Gasteiger charge is 2.23. The standard InChI is InChI=1S/C19H23FN2O2S/c20-18-8-4-5-9-19(18)25(23,24)21-14-16-10-12-22(13-11-16)15-17-6-2-1-3-7-17/h1-9,16,21H,10-15H2. The molecule has 6 heteroatoms. The van der Waals surface area contributed by atoms with Crippen molar-refractivity contribution in [3.8, 4) is 0 Å². The zero-order valence-electron chi connectivity index (χ0n) is 14.1. The lowest BCUT2D eigenvalue weighted by molar-refractivity contribution is 0.178. The van der Waals surface area contributed by atoms with E-state index in [1.54, 1.807) is 0 Å². The van der Waals surface area contributed by atoms with Crippen LogP contribution in [0.5, 0.6) is 0 Å². The average molecular weight is 362 g/mol. The minimum absolute atomic E-state index is 0.281. The number of nitrogens with zero attached hydrogens (tertiary/aromatic N) is 1. The molecule has 1 saturated heterocycles. The second-order valence-corrected chi connectivity index (χ2v) is 8.22. The first-order valence-corrected chi connectivity index (χ1v) is 10.0. The van der Waals surface area contributed by atoms with Crippen molar-refractivity contribution in [1.29, 1.82) is 0 Å². The molecule has 0 saturated carbocycles. The lowest BCUT2D eigenvalue weighted by Gasteiger charge is -2.32. The summed E-state index contributed by atoms with van der Waals surface area (Å²) >= 11 is 0. The molecule has 0 aromatic heterocycles. The number of benzene rings is 2. The molecule has 25 heavy (non-hydrogen) atoms. The van der Waals surface area contributed by atoms with Crippen LogP contribution in [0, 0.1) is 11.7 Å². The molecule has 0 unspecified atom stereocenters. The molecule has 0 atom stereocenters. The van der Waals surface area contributed by atoms with Gasteiger partial charge in [0.05, 0.1) is 0 Å². The van der Waals surface area contributed by atoms with Crippen molar-refractivity contribution in [2.75, 3.05) is 19.6 Å². The van der Waals surface area contributed by atoms with Gasteiger partial charge in [0.1, 0.15) is 10.7 Å². The molecule has 1 N–H and O–H groups in total. The van der Waals surface area contributed by atoms with Gasteiger partial charge in [0.25, 0.3) is 0 Å². The molecule has 0 radical (unpaired) electrons. The zero-order chi connectivity index (χ0) is 17.7. The SMILES string of the molecule is O=S(=O)(NCC1CCN(Cc2ccccc2)CC1)c1ccccc1F. The van der Waals surface area contributed by atoms with Crippen LogP contribution in [0.3, 0.4) is 0 Å². The summed E-state index contributed by atoms with van der Waals surface area (Å²) in [6, 6.07) is 15.8. The van der Waals surface area contributed by atoms with Crippen LogP contribution in [0.1, 0.15) is 18.4 Å². The Labute approximate surface area is 148 Å². The fourth-order valence-corrected chi connectivity index (χ4v) is 4.35. The van der Waals surface area contributed by atoms with Crippen LogP contribution in [0.25, 0.3) is 0 Å². The second kappa shape index (κ2) is 8.08. The molecule has 1 fully saturated rings. The van der Waals surface area contributed by atoms with Gasteiger partial charge in [-0.3, -0.25) is 4.90 Å². The van der Waals surface area contributed by atoms with E-state index in [-0.39, 0.29) is 10.8 Å². The highest BCUT2D eigenvalue weighted by molar-refractivity contribution is 7.89. The van der Waals surface area contributed by atoms with Crippen molar-refractivity contribution in [2.45, 2.75) is 24.3 Å². The Bertz CT molecular complexity index is 788. The minimum atomic E-state index is -3.79. The largest absolute Gasteiger partial charge is 0.299 e. The van der Waals surface area contributed by atoms with Gasteiger partial charge in [-0.05, 0) is 49.5 Å². The van der Waals surface area contributed by atoms with E-state index < -0.39 is 15.8 Å². The number of hydrogen-bond donors (Lipinski definition) is 1. The summed E-state index contributed by atoms with van der Waals surface area (Å²) in [6.45, 7) is 3.17. The van der Waals surface area contributed by atoms with E-state index in [0.29, 0.717) is 6.54 Å².